The van der Waals surface area contributed by atoms with Crippen molar-refractivity contribution in [1.82, 2.24) is 25.5 Å². The van der Waals surface area contributed by atoms with Gasteiger partial charge in [0.2, 0.25) is 0 Å². The quantitative estimate of drug-likeness (QED) is 0.206. The van der Waals surface area contributed by atoms with Crippen molar-refractivity contribution < 1.29 is 4.39 Å². The van der Waals surface area contributed by atoms with Crippen LogP contribution < -0.4 is 5.32 Å². The Balaban J connectivity index is 1.76. The summed E-state index contributed by atoms with van der Waals surface area (Å²) in [7, 11) is 0. The van der Waals surface area contributed by atoms with Gasteiger partial charge in [-0.15, -0.1) is 0 Å². The maximum atomic E-state index is 14.0. The van der Waals surface area contributed by atoms with Gasteiger partial charge in [0.15, 0.2) is 0 Å². The summed E-state index contributed by atoms with van der Waals surface area (Å²) < 4.78 is 14.0. The molecule has 3 aromatic heterocycles. The van der Waals surface area contributed by atoms with E-state index in [0.29, 0.717) is 0 Å². The first-order chi connectivity index (χ1) is 18.0. The average molecular weight is 494 g/mol. The van der Waals surface area contributed by atoms with E-state index in [-0.39, 0.29) is 5.82 Å². The van der Waals surface area contributed by atoms with Gasteiger partial charge in [0.05, 0.1) is 23.1 Å². The molecule has 0 bridgehead atoms. The second-order valence-electron chi connectivity index (χ2n) is 8.68. The summed E-state index contributed by atoms with van der Waals surface area (Å²) in [5.74, 6) is -0.280. The third kappa shape index (κ3) is 5.60. The molecule has 4 aromatic rings. The van der Waals surface area contributed by atoms with E-state index in [9.17, 15) is 4.39 Å². The zero-order chi connectivity index (χ0) is 26.4. The van der Waals surface area contributed by atoms with Crippen LogP contribution in [0, 0.1) is 12.7 Å². The van der Waals surface area contributed by atoms with Crippen molar-refractivity contribution in [2.24, 2.45) is 0 Å². The summed E-state index contributed by atoms with van der Waals surface area (Å²) in [6.45, 7) is 15.5. The highest BCUT2D eigenvalue weighted by Gasteiger charge is 2.17. The number of benzene rings is 1. The predicted octanol–water partition coefficient (Wildman–Crippen LogP) is 7.14. The van der Waals surface area contributed by atoms with E-state index in [1.165, 1.54) is 12.1 Å². The van der Waals surface area contributed by atoms with E-state index < -0.39 is 0 Å². The van der Waals surface area contributed by atoms with Crippen molar-refractivity contribution in [3.05, 3.63) is 120 Å². The molecule has 5 nitrogen and oxygen atoms in total. The van der Waals surface area contributed by atoms with Crippen LogP contribution in [0.2, 0.25) is 0 Å². The van der Waals surface area contributed by atoms with Crippen molar-refractivity contribution in [2.45, 2.75) is 20.8 Å². The van der Waals surface area contributed by atoms with E-state index in [2.05, 4.69) is 57.7 Å². The van der Waals surface area contributed by atoms with E-state index in [1.54, 1.807) is 12.1 Å². The molecule has 37 heavy (non-hydrogen) atoms. The van der Waals surface area contributed by atoms with Crippen molar-refractivity contribution in [1.29, 1.82) is 0 Å². The summed E-state index contributed by atoms with van der Waals surface area (Å²) >= 11 is 0. The Morgan fingerprint density at radius 1 is 1.19 bits per heavy atom. The van der Waals surface area contributed by atoms with Gasteiger partial charge in [-0.3, -0.25) is 10.1 Å². The fourth-order valence-electron chi connectivity index (χ4n) is 4.32. The van der Waals surface area contributed by atoms with Crippen molar-refractivity contribution in [3.63, 3.8) is 0 Å². The van der Waals surface area contributed by atoms with Crippen LogP contribution in [0.15, 0.2) is 91.7 Å². The first-order valence-electron chi connectivity index (χ1n) is 12.3. The molecule has 0 aliphatic heterocycles. The number of fused-ring (bicyclic) bond motifs is 1. The highest BCUT2D eigenvalue weighted by molar-refractivity contribution is 5.95. The largest absolute Gasteiger partial charge is 0.357 e. The van der Waals surface area contributed by atoms with E-state index >= 15 is 0 Å². The Labute approximate surface area is 217 Å². The summed E-state index contributed by atoms with van der Waals surface area (Å²) in [5.41, 5.74) is 9.03. The van der Waals surface area contributed by atoms with Gasteiger partial charge in [0.25, 0.3) is 0 Å². The molecule has 0 atom stereocenters. The predicted molar refractivity (Wildman–Crippen MR) is 153 cm³/mol. The number of nitrogens with zero attached hydrogens (tertiary/aromatic N) is 2. The molecule has 0 radical (unpaired) electrons. The molecule has 0 saturated carbocycles. The molecule has 0 unspecified atom stereocenters. The molecule has 188 valence electrons. The number of hydrogen-bond donors (Lipinski definition) is 3. The van der Waals surface area contributed by atoms with Crippen LogP contribution in [0.1, 0.15) is 36.4 Å². The van der Waals surface area contributed by atoms with Gasteiger partial charge in [-0.05, 0) is 73.0 Å². The van der Waals surface area contributed by atoms with Gasteiger partial charge in [-0.1, -0.05) is 56.5 Å². The van der Waals surface area contributed by atoms with Crippen molar-refractivity contribution in [2.75, 3.05) is 13.1 Å². The van der Waals surface area contributed by atoms with Gasteiger partial charge < -0.3 is 10.3 Å². The zero-order valence-corrected chi connectivity index (χ0v) is 21.5. The van der Waals surface area contributed by atoms with Crippen molar-refractivity contribution in [3.8, 4) is 11.4 Å². The van der Waals surface area contributed by atoms with Gasteiger partial charge in [0, 0.05) is 23.2 Å². The number of rotatable bonds is 10. The Hall–Kier alpha value is -4.29. The van der Waals surface area contributed by atoms with Gasteiger partial charge in [-0.2, -0.15) is 5.10 Å². The Bertz CT molecular complexity index is 1530. The fraction of sp³-hybridized carbons (Fsp3) is 0.161. The number of pyridine rings is 1. The molecule has 3 heterocycles. The van der Waals surface area contributed by atoms with E-state index in [1.807, 2.05) is 50.4 Å². The fourth-order valence-corrected chi connectivity index (χ4v) is 4.32. The lowest BCUT2D eigenvalue weighted by Crippen LogP contribution is -2.15. The maximum Gasteiger partial charge on any atom is 0.123 e. The van der Waals surface area contributed by atoms with Crippen LogP contribution in [-0.4, -0.2) is 33.3 Å². The van der Waals surface area contributed by atoms with Crippen LogP contribution in [0.25, 0.3) is 33.4 Å². The first-order valence-corrected chi connectivity index (χ1v) is 12.3. The highest BCUT2D eigenvalue weighted by atomic mass is 19.1. The maximum absolute atomic E-state index is 14.0. The number of aromatic amines is 2. The second-order valence-corrected chi connectivity index (χ2v) is 8.68. The molecule has 0 aliphatic carbocycles. The monoisotopic (exact) mass is 493 g/mol. The highest BCUT2D eigenvalue weighted by Crippen LogP contribution is 2.33. The third-order valence-electron chi connectivity index (χ3n) is 6.22. The van der Waals surface area contributed by atoms with Gasteiger partial charge in [-0.25, -0.2) is 4.39 Å². The van der Waals surface area contributed by atoms with Gasteiger partial charge in [0.1, 0.15) is 11.5 Å². The lowest BCUT2D eigenvalue weighted by molar-refractivity contribution is 0.627. The Morgan fingerprint density at radius 2 is 2.03 bits per heavy atom. The minimum Gasteiger partial charge on any atom is -0.357 e. The lowest BCUT2D eigenvalue weighted by Gasteiger charge is -2.07. The molecule has 0 amide bonds. The van der Waals surface area contributed by atoms with Gasteiger partial charge >= 0.3 is 0 Å². The van der Waals surface area contributed by atoms with Crippen molar-refractivity contribution >= 4 is 22.0 Å². The van der Waals surface area contributed by atoms with Crippen LogP contribution in [0.3, 0.4) is 0 Å². The number of hydrogen-bond acceptors (Lipinski definition) is 3. The summed E-state index contributed by atoms with van der Waals surface area (Å²) in [4.78, 5) is 8.14. The normalized spacial score (nSPS) is 12.8. The molecule has 3 N–H and O–H groups in total. The number of halogens is 1. The lowest BCUT2D eigenvalue weighted by atomic mass is 9.97. The number of aromatic nitrogens is 4. The number of H-pyrrole nitrogens is 2. The minimum atomic E-state index is -0.280. The molecule has 0 aliphatic rings. The molecule has 6 heteroatoms. The average Bonchev–Trinajstić information content (AvgIpc) is 3.50. The molecular formula is C31H32FN5. The van der Waals surface area contributed by atoms with Crippen LogP contribution in [0.5, 0.6) is 0 Å². The third-order valence-corrected chi connectivity index (χ3v) is 6.22. The van der Waals surface area contributed by atoms with Crippen LogP contribution >= 0.6 is 0 Å². The minimum absolute atomic E-state index is 0.280. The summed E-state index contributed by atoms with van der Waals surface area (Å²) in [6, 6.07) is 10.7. The van der Waals surface area contributed by atoms with E-state index in [4.69, 9.17) is 0 Å². The number of nitrogens with one attached hydrogen (secondary N) is 3. The second kappa shape index (κ2) is 11.6. The SMILES string of the molecule is C=C/C=C(/c1cccc(F)c1)c1cc(-c2n[nH]c3cnc(C(/C=C(\C=C)CNCC)=C/C)cc23)[nH]c1C. The molecular weight excluding hydrogens is 461 g/mol. The summed E-state index contributed by atoms with van der Waals surface area (Å²) in [6.07, 6.45) is 11.4. The zero-order valence-electron chi connectivity index (χ0n) is 21.5. The number of allylic oxidation sites excluding steroid dienone is 5. The molecule has 0 saturated heterocycles. The number of aryl methyl sites for hydroxylation is 1. The first kappa shape index (κ1) is 25.8. The smallest absolute Gasteiger partial charge is 0.123 e. The number of likely N-dealkylation sites (N-methyl/N-ethyl adjacent to an activating group) is 1. The standard InChI is InChI=1S/C31H32FN5/c1-6-11-25(23-12-10-13-24(32)15-23)26-16-29(35-20(26)5)31-27-17-28(34-19-30(27)36-37-31)22(8-3)14-21(7-2)18-33-9-4/h6-8,10-17,19,33,35H,1-2,9,18H2,3-5H3,(H,36,37)/b21-14+,22-8+,25-11-. The van der Waals surface area contributed by atoms with E-state index in [0.717, 1.165) is 74.6 Å². The summed E-state index contributed by atoms with van der Waals surface area (Å²) in [5, 5.41) is 12.0. The van der Waals surface area contributed by atoms with Crippen LogP contribution in [0.4, 0.5) is 4.39 Å². The molecule has 0 spiro atoms. The molecule has 0 fully saturated rings. The topological polar surface area (TPSA) is 69.4 Å². The molecule has 4 rings (SSSR count). The Morgan fingerprint density at radius 3 is 2.73 bits per heavy atom. The Kier molecular flexibility index (Phi) is 8.11. The van der Waals surface area contributed by atoms with Crippen LogP contribution in [-0.2, 0) is 0 Å². The molecule has 1 aromatic carbocycles.